The van der Waals surface area contributed by atoms with Crippen molar-refractivity contribution in [3.05, 3.63) is 0 Å². The van der Waals surface area contributed by atoms with Crippen molar-refractivity contribution in [1.29, 1.82) is 0 Å². The van der Waals surface area contributed by atoms with Crippen LogP contribution in [0.15, 0.2) is 0 Å². The van der Waals surface area contributed by atoms with Crippen molar-refractivity contribution >= 4 is 15.6 Å². The summed E-state index contributed by atoms with van der Waals surface area (Å²) in [7, 11) is -14.3. The third-order valence-corrected chi connectivity index (χ3v) is 5.81. The quantitative estimate of drug-likeness (QED) is 0.386. The van der Waals surface area contributed by atoms with Gasteiger partial charge in [-0.2, -0.15) is 57.0 Å². The van der Waals surface area contributed by atoms with Gasteiger partial charge in [0.1, 0.15) is 0 Å². The van der Waals surface area contributed by atoms with Crippen molar-refractivity contribution in [3.63, 3.8) is 0 Å². The molecule has 0 bridgehead atoms. The fraction of sp³-hybridized carbons (Fsp3) is 1.00. The largest absolute Gasteiger partial charge is 0.482 e. The van der Waals surface area contributed by atoms with Crippen LogP contribution < -0.4 is 0 Å². The summed E-state index contributed by atoms with van der Waals surface area (Å²) in [6.45, 7) is -1.84. The van der Waals surface area contributed by atoms with E-state index in [1.807, 2.05) is 0 Å². The van der Waals surface area contributed by atoms with Crippen LogP contribution in [0.3, 0.4) is 0 Å². The smallest absolute Gasteiger partial charge is 0.302 e. The lowest BCUT2D eigenvalue weighted by atomic mass is 10.1. The van der Waals surface area contributed by atoms with Gasteiger partial charge in [-0.15, -0.1) is 0 Å². The maximum Gasteiger partial charge on any atom is 0.482 e. The van der Waals surface area contributed by atoms with Gasteiger partial charge in [-0.05, 0) is 13.8 Å². The molecule has 29 heavy (non-hydrogen) atoms. The highest BCUT2D eigenvalue weighted by atomic mass is 31.3. The zero-order valence-corrected chi connectivity index (χ0v) is 15.2. The highest BCUT2D eigenvalue weighted by Gasteiger charge is 2.74. The maximum atomic E-state index is 12.6. The van der Waals surface area contributed by atoms with E-state index >= 15 is 0 Å². The minimum absolute atomic E-state index is 0.919. The Morgan fingerprint density at radius 1 is 0.552 bits per heavy atom. The van der Waals surface area contributed by atoms with E-state index in [2.05, 4.69) is 13.4 Å². The molecule has 2 N–H and O–H groups in total. The van der Waals surface area contributed by atoms with E-state index in [0.29, 0.717) is 0 Å². The fourth-order valence-corrected chi connectivity index (χ4v) is 3.80. The number of phosphoric acid groups is 2. The molecule has 0 aromatic heterocycles. The SMILES string of the molecule is CC(OP(=O)(O)OP(=O)(O)OC(C)(C(F)(F)F)C(F)(F)F)(C(F)(F)F)C(F)(F)F. The molecular formula is C8H8F12O7P2. The minimum atomic E-state index is -7.13. The molecule has 0 heterocycles. The standard InChI is InChI=1S/C8H8F12O7P2/c1-3(5(9,10)11,6(12,13)14)25-28(21,22)27-29(23,24)26-4(2,7(15,16)17)8(18,19)20/h1-2H3,(H,21,22)(H,23,24). The molecule has 0 radical (unpaired) electrons. The highest BCUT2D eigenvalue weighted by molar-refractivity contribution is 7.61. The molecule has 0 aliphatic rings. The van der Waals surface area contributed by atoms with Crippen LogP contribution in [0.1, 0.15) is 13.8 Å². The first-order valence-electron chi connectivity index (χ1n) is 6.17. The summed E-state index contributed by atoms with van der Waals surface area (Å²) in [4.78, 5) is 17.7. The second kappa shape index (κ2) is 7.53. The first-order chi connectivity index (χ1) is 12.1. The monoisotopic (exact) mass is 506 g/mol. The van der Waals surface area contributed by atoms with Crippen molar-refractivity contribution in [2.45, 2.75) is 49.8 Å². The Labute approximate surface area is 151 Å². The normalized spacial score (nSPS) is 19.6. The highest BCUT2D eigenvalue weighted by Crippen LogP contribution is 2.67. The van der Waals surface area contributed by atoms with E-state index < -0.39 is 65.4 Å². The van der Waals surface area contributed by atoms with Crippen molar-refractivity contribution in [2.75, 3.05) is 0 Å². The molecule has 0 aliphatic carbocycles. The Morgan fingerprint density at radius 3 is 0.862 bits per heavy atom. The van der Waals surface area contributed by atoms with Crippen molar-refractivity contribution < 1.29 is 85.0 Å². The number of alkyl halides is 12. The topological polar surface area (TPSA) is 102 Å². The van der Waals surface area contributed by atoms with Crippen molar-refractivity contribution in [2.24, 2.45) is 0 Å². The van der Waals surface area contributed by atoms with Crippen LogP contribution in [0.4, 0.5) is 52.7 Å². The van der Waals surface area contributed by atoms with E-state index in [0.717, 1.165) is 0 Å². The predicted octanol–water partition coefficient (Wildman–Crippen LogP) is 5.00. The number of rotatable bonds is 6. The van der Waals surface area contributed by atoms with Gasteiger partial charge in [0.15, 0.2) is 0 Å². The number of phosphoric ester groups is 2. The third kappa shape index (κ3) is 6.21. The minimum Gasteiger partial charge on any atom is -0.302 e. The molecule has 0 aromatic carbocycles. The average Bonchev–Trinajstić information content (AvgIpc) is 2.29. The van der Waals surface area contributed by atoms with E-state index in [9.17, 15) is 61.8 Å². The van der Waals surface area contributed by atoms with Crippen LogP contribution in [-0.2, 0) is 22.5 Å². The van der Waals surface area contributed by atoms with E-state index in [1.54, 1.807) is 0 Å². The molecule has 2 atom stereocenters. The van der Waals surface area contributed by atoms with Gasteiger partial charge >= 0.3 is 40.4 Å². The van der Waals surface area contributed by atoms with Crippen LogP contribution >= 0.6 is 15.6 Å². The van der Waals surface area contributed by atoms with Gasteiger partial charge in [-0.25, -0.2) is 9.13 Å². The summed E-state index contributed by atoms with van der Waals surface area (Å²) in [6, 6.07) is 0. The van der Waals surface area contributed by atoms with Crippen LogP contribution in [0.2, 0.25) is 0 Å². The molecule has 0 spiro atoms. The summed E-state index contributed by atoms with van der Waals surface area (Å²) in [5.74, 6) is 0. The molecular weight excluding hydrogens is 498 g/mol. The molecule has 21 heteroatoms. The molecule has 0 saturated carbocycles. The molecule has 0 amide bonds. The van der Waals surface area contributed by atoms with Gasteiger partial charge in [0.05, 0.1) is 0 Å². The summed E-state index contributed by atoms with van der Waals surface area (Å²) in [5.41, 5.74) is -11.2. The lowest BCUT2D eigenvalue weighted by molar-refractivity contribution is -0.355. The van der Waals surface area contributed by atoms with E-state index in [4.69, 9.17) is 9.79 Å². The Hall–Kier alpha value is -0.580. The van der Waals surface area contributed by atoms with Crippen LogP contribution in [-0.4, -0.2) is 45.7 Å². The van der Waals surface area contributed by atoms with E-state index in [1.165, 1.54) is 0 Å². The second-order valence-electron chi connectivity index (χ2n) is 5.26. The van der Waals surface area contributed by atoms with Gasteiger partial charge in [0.2, 0.25) is 0 Å². The second-order valence-corrected chi connectivity index (χ2v) is 8.15. The van der Waals surface area contributed by atoms with Crippen LogP contribution in [0.5, 0.6) is 0 Å². The number of hydrogen-bond acceptors (Lipinski definition) is 5. The first kappa shape index (κ1) is 28.4. The third-order valence-electron chi connectivity index (χ3n) is 2.97. The Morgan fingerprint density at radius 2 is 0.724 bits per heavy atom. The lowest BCUT2D eigenvalue weighted by Crippen LogP contribution is -2.56. The summed E-state index contributed by atoms with van der Waals surface area (Å²) in [5, 5.41) is 0. The predicted molar refractivity (Wildman–Crippen MR) is 63.9 cm³/mol. The van der Waals surface area contributed by atoms with E-state index in [-0.39, 0.29) is 0 Å². The first-order valence-corrected chi connectivity index (χ1v) is 9.16. The van der Waals surface area contributed by atoms with Gasteiger partial charge in [0.25, 0.3) is 11.2 Å². The van der Waals surface area contributed by atoms with Gasteiger partial charge in [0, 0.05) is 0 Å². The van der Waals surface area contributed by atoms with Crippen molar-refractivity contribution in [3.8, 4) is 0 Å². The molecule has 0 saturated heterocycles. The molecule has 176 valence electrons. The summed E-state index contributed by atoms with van der Waals surface area (Å²) in [6.07, 6.45) is -26.2. The van der Waals surface area contributed by atoms with Gasteiger partial charge in [-0.3, -0.25) is 9.05 Å². The molecule has 0 aromatic rings. The Balaban J connectivity index is 6.00. The summed E-state index contributed by atoms with van der Waals surface area (Å²) < 4.78 is 181. The van der Waals surface area contributed by atoms with Crippen LogP contribution in [0.25, 0.3) is 0 Å². The zero-order chi connectivity index (χ0) is 24.1. The molecule has 2 unspecified atom stereocenters. The summed E-state index contributed by atoms with van der Waals surface area (Å²) >= 11 is 0. The maximum absolute atomic E-state index is 12.6. The number of hydrogen-bond donors (Lipinski definition) is 2. The van der Waals surface area contributed by atoms with Gasteiger partial charge < -0.3 is 9.79 Å². The van der Waals surface area contributed by atoms with Gasteiger partial charge in [-0.1, -0.05) is 0 Å². The lowest BCUT2D eigenvalue weighted by Gasteiger charge is -2.36. The molecule has 0 rings (SSSR count). The Kier molecular flexibility index (Phi) is 7.38. The zero-order valence-electron chi connectivity index (χ0n) is 13.4. The Bertz CT molecular complexity index is 606. The van der Waals surface area contributed by atoms with Crippen LogP contribution in [0, 0.1) is 0 Å². The van der Waals surface area contributed by atoms with Crippen molar-refractivity contribution in [1.82, 2.24) is 0 Å². The average molecular weight is 506 g/mol. The molecule has 0 fully saturated rings. The number of halogens is 12. The molecule has 7 nitrogen and oxygen atoms in total. The molecule has 0 aliphatic heterocycles. The fourth-order valence-electron chi connectivity index (χ4n) is 1.15.